The van der Waals surface area contributed by atoms with Crippen molar-refractivity contribution in [3.63, 3.8) is 0 Å². The van der Waals surface area contributed by atoms with Crippen molar-refractivity contribution in [1.82, 2.24) is 4.90 Å². The zero-order valence-corrected chi connectivity index (χ0v) is 15.2. The van der Waals surface area contributed by atoms with E-state index in [9.17, 15) is 4.79 Å². The van der Waals surface area contributed by atoms with Gasteiger partial charge >= 0.3 is 6.09 Å². The number of ether oxygens (including phenoxy) is 3. The molecule has 0 atom stereocenters. The summed E-state index contributed by atoms with van der Waals surface area (Å²) < 4.78 is 16.2. The number of anilines is 1. The average Bonchev–Trinajstić information content (AvgIpc) is 2.65. The zero-order valence-electron chi connectivity index (χ0n) is 15.2. The largest absolute Gasteiger partial charge is 0.494 e. The minimum atomic E-state index is -0.407. The molecular formula is C19H30N2O4. The molecule has 6 nitrogen and oxygen atoms in total. The van der Waals surface area contributed by atoms with Gasteiger partial charge in [-0.1, -0.05) is 19.8 Å². The predicted molar refractivity (Wildman–Crippen MR) is 98.3 cm³/mol. The van der Waals surface area contributed by atoms with Crippen LogP contribution in [0.4, 0.5) is 10.5 Å². The van der Waals surface area contributed by atoms with Crippen LogP contribution in [-0.4, -0.2) is 57.1 Å². The molecule has 0 unspecified atom stereocenters. The normalized spacial score (nSPS) is 14.9. The summed E-state index contributed by atoms with van der Waals surface area (Å²) in [6.07, 6.45) is 3.67. The molecule has 0 aliphatic carbocycles. The number of rotatable bonds is 10. The second kappa shape index (κ2) is 11.7. The van der Waals surface area contributed by atoms with Gasteiger partial charge in [0.25, 0.3) is 0 Å². The maximum atomic E-state index is 11.6. The number of unbranched alkanes of at least 4 members (excludes halogenated alkanes) is 2. The number of nitrogens with zero attached hydrogens (tertiary/aromatic N) is 1. The van der Waals surface area contributed by atoms with Crippen molar-refractivity contribution in [1.29, 1.82) is 0 Å². The Morgan fingerprint density at radius 2 is 1.88 bits per heavy atom. The van der Waals surface area contributed by atoms with Gasteiger partial charge in [-0.2, -0.15) is 0 Å². The Balaban J connectivity index is 1.59. The van der Waals surface area contributed by atoms with Gasteiger partial charge in [-0.3, -0.25) is 10.2 Å². The van der Waals surface area contributed by atoms with Crippen molar-refractivity contribution in [3.8, 4) is 5.75 Å². The first kappa shape index (κ1) is 19.5. The number of amides is 1. The van der Waals surface area contributed by atoms with E-state index in [0.717, 1.165) is 64.3 Å². The van der Waals surface area contributed by atoms with Crippen LogP contribution >= 0.6 is 0 Å². The number of hydrogen-bond acceptors (Lipinski definition) is 5. The highest BCUT2D eigenvalue weighted by Gasteiger charge is 2.09. The number of benzene rings is 1. The van der Waals surface area contributed by atoms with Gasteiger partial charge < -0.3 is 14.2 Å². The monoisotopic (exact) mass is 350 g/mol. The Kier molecular flexibility index (Phi) is 9.15. The number of carbonyl (C=O) groups is 1. The first-order valence-electron chi connectivity index (χ1n) is 9.24. The molecule has 0 radical (unpaired) electrons. The van der Waals surface area contributed by atoms with E-state index in [4.69, 9.17) is 14.2 Å². The minimum absolute atomic E-state index is 0.407. The van der Waals surface area contributed by atoms with E-state index >= 15 is 0 Å². The van der Waals surface area contributed by atoms with Gasteiger partial charge in [0, 0.05) is 25.3 Å². The van der Waals surface area contributed by atoms with E-state index in [2.05, 4.69) is 17.1 Å². The van der Waals surface area contributed by atoms with Gasteiger partial charge in [0.15, 0.2) is 0 Å². The standard InChI is InChI=1S/C19H30N2O4/c1-2-3-4-13-25-19(22)20-17-6-8-18(9-7-17)24-14-5-10-21-11-15-23-16-12-21/h6-9H,2-5,10-16H2,1H3,(H,20,22). The van der Waals surface area contributed by atoms with E-state index in [1.54, 1.807) is 0 Å². The van der Waals surface area contributed by atoms with Crippen molar-refractivity contribution >= 4 is 11.8 Å². The smallest absolute Gasteiger partial charge is 0.411 e. The molecule has 1 aliphatic rings. The summed E-state index contributed by atoms with van der Waals surface area (Å²) in [7, 11) is 0. The van der Waals surface area contributed by atoms with Crippen molar-refractivity contribution in [2.45, 2.75) is 32.6 Å². The maximum Gasteiger partial charge on any atom is 0.411 e. The van der Waals surface area contributed by atoms with Crippen LogP contribution < -0.4 is 10.1 Å². The fraction of sp³-hybridized carbons (Fsp3) is 0.632. The molecule has 0 spiro atoms. The van der Waals surface area contributed by atoms with Crippen LogP contribution in [0.3, 0.4) is 0 Å². The lowest BCUT2D eigenvalue weighted by Gasteiger charge is -2.26. The van der Waals surface area contributed by atoms with Crippen LogP contribution in [-0.2, 0) is 9.47 Å². The second-order valence-electron chi connectivity index (χ2n) is 6.15. The summed E-state index contributed by atoms with van der Waals surface area (Å²) in [5.41, 5.74) is 0.709. The number of hydrogen-bond donors (Lipinski definition) is 1. The average molecular weight is 350 g/mol. The molecule has 1 heterocycles. The molecule has 1 aromatic rings. The minimum Gasteiger partial charge on any atom is -0.494 e. The molecule has 1 fully saturated rings. The summed E-state index contributed by atoms with van der Waals surface area (Å²) in [6.45, 7) is 7.98. The Hall–Kier alpha value is -1.79. The predicted octanol–water partition coefficient (Wildman–Crippen LogP) is 3.53. The molecule has 0 aromatic heterocycles. The quantitative estimate of drug-likeness (QED) is 0.654. The Labute approximate surface area is 150 Å². The van der Waals surface area contributed by atoms with Crippen LogP contribution in [0.2, 0.25) is 0 Å². The topological polar surface area (TPSA) is 60.0 Å². The van der Waals surface area contributed by atoms with Gasteiger partial charge in [0.1, 0.15) is 5.75 Å². The molecule has 0 bridgehead atoms. The molecule has 1 saturated heterocycles. The maximum absolute atomic E-state index is 11.6. The summed E-state index contributed by atoms with van der Waals surface area (Å²) in [5, 5.41) is 2.72. The molecule has 2 rings (SSSR count). The summed E-state index contributed by atoms with van der Waals surface area (Å²) in [4.78, 5) is 14.0. The van der Waals surface area contributed by atoms with Crippen molar-refractivity contribution in [2.24, 2.45) is 0 Å². The summed E-state index contributed by atoms with van der Waals surface area (Å²) in [5.74, 6) is 0.809. The third-order valence-electron chi connectivity index (χ3n) is 4.07. The first-order valence-corrected chi connectivity index (χ1v) is 9.24. The van der Waals surface area contributed by atoms with Crippen molar-refractivity contribution in [3.05, 3.63) is 24.3 Å². The first-order chi connectivity index (χ1) is 12.3. The van der Waals surface area contributed by atoms with Gasteiger partial charge in [0.05, 0.1) is 26.4 Å². The second-order valence-corrected chi connectivity index (χ2v) is 6.15. The third-order valence-corrected chi connectivity index (χ3v) is 4.07. The van der Waals surface area contributed by atoms with Gasteiger partial charge in [0.2, 0.25) is 0 Å². The van der Waals surface area contributed by atoms with Gasteiger partial charge in [-0.05, 0) is 37.1 Å². The highest BCUT2D eigenvalue weighted by molar-refractivity contribution is 5.84. The highest BCUT2D eigenvalue weighted by atomic mass is 16.5. The Morgan fingerprint density at radius 3 is 2.60 bits per heavy atom. The molecule has 1 N–H and O–H groups in total. The molecular weight excluding hydrogens is 320 g/mol. The highest BCUT2D eigenvalue weighted by Crippen LogP contribution is 2.16. The van der Waals surface area contributed by atoms with Crippen LogP contribution in [0, 0.1) is 0 Å². The molecule has 1 aliphatic heterocycles. The zero-order chi connectivity index (χ0) is 17.7. The van der Waals surface area contributed by atoms with E-state index in [0.29, 0.717) is 18.9 Å². The molecule has 6 heteroatoms. The van der Waals surface area contributed by atoms with Crippen molar-refractivity contribution < 1.29 is 19.0 Å². The van der Waals surface area contributed by atoms with E-state index in [1.807, 2.05) is 24.3 Å². The van der Waals surface area contributed by atoms with Gasteiger partial charge in [-0.25, -0.2) is 4.79 Å². The summed E-state index contributed by atoms with van der Waals surface area (Å²) >= 11 is 0. The fourth-order valence-corrected chi connectivity index (χ4v) is 2.61. The lowest BCUT2D eigenvalue weighted by Crippen LogP contribution is -2.37. The summed E-state index contributed by atoms with van der Waals surface area (Å²) in [6, 6.07) is 7.37. The van der Waals surface area contributed by atoms with Crippen LogP contribution in [0.5, 0.6) is 5.75 Å². The van der Waals surface area contributed by atoms with Crippen LogP contribution in [0.25, 0.3) is 0 Å². The fourth-order valence-electron chi connectivity index (χ4n) is 2.61. The Morgan fingerprint density at radius 1 is 1.12 bits per heavy atom. The van der Waals surface area contributed by atoms with E-state index in [1.165, 1.54) is 0 Å². The van der Waals surface area contributed by atoms with E-state index < -0.39 is 6.09 Å². The number of nitrogens with one attached hydrogen (secondary N) is 1. The van der Waals surface area contributed by atoms with Crippen molar-refractivity contribution in [2.75, 3.05) is 51.4 Å². The SMILES string of the molecule is CCCCCOC(=O)Nc1ccc(OCCCN2CCOCC2)cc1. The lowest BCUT2D eigenvalue weighted by atomic mass is 10.3. The van der Waals surface area contributed by atoms with Crippen LogP contribution in [0.1, 0.15) is 32.6 Å². The lowest BCUT2D eigenvalue weighted by molar-refractivity contribution is 0.0358. The number of morpholine rings is 1. The molecule has 140 valence electrons. The van der Waals surface area contributed by atoms with E-state index in [-0.39, 0.29) is 0 Å². The van der Waals surface area contributed by atoms with Gasteiger partial charge in [-0.15, -0.1) is 0 Å². The third kappa shape index (κ3) is 8.23. The Bertz CT molecular complexity index is 487. The number of carbonyl (C=O) groups excluding carboxylic acids is 1. The molecule has 0 saturated carbocycles. The molecule has 25 heavy (non-hydrogen) atoms. The molecule has 1 aromatic carbocycles. The molecule has 1 amide bonds. The van der Waals surface area contributed by atoms with Crippen LogP contribution in [0.15, 0.2) is 24.3 Å².